The van der Waals surface area contributed by atoms with Crippen LogP contribution in [0.2, 0.25) is 0 Å². The van der Waals surface area contributed by atoms with Crippen molar-refractivity contribution in [3.8, 4) is 39.9 Å². The van der Waals surface area contributed by atoms with Gasteiger partial charge in [0.15, 0.2) is 11.5 Å². The predicted octanol–water partition coefficient (Wildman–Crippen LogP) is 6.17. The molecule has 0 saturated carbocycles. The standard InChI is InChI=1S/C35H28O8/c1-39-30-4-2-3-24(34(30)41-15-13-20-5-11-28-22(17-20)14-16-40-28)26-18-31(37)43-29-12-10-25-33(38)27(19-42-35(25)32(26)29)21-6-8-23(36)9-7-21/h2-12,17,19,26,36H,13-16,18H2,1H3/t26-/m1/s1. The molecule has 3 heterocycles. The van der Waals surface area contributed by atoms with E-state index >= 15 is 0 Å². The molecule has 0 saturated heterocycles. The largest absolute Gasteiger partial charge is 0.508 e. The van der Waals surface area contributed by atoms with E-state index in [9.17, 15) is 14.7 Å². The van der Waals surface area contributed by atoms with E-state index in [2.05, 4.69) is 6.07 Å². The monoisotopic (exact) mass is 576 g/mol. The van der Waals surface area contributed by atoms with Crippen LogP contribution in [0.4, 0.5) is 0 Å². The first-order valence-electron chi connectivity index (χ1n) is 14.1. The molecule has 1 atom stereocenters. The highest BCUT2D eigenvalue weighted by molar-refractivity contribution is 5.90. The SMILES string of the molecule is COc1cccc([C@H]2CC(=O)Oc3ccc4c(=O)c(-c5ccc(O)cc5)coc4c32)c1OCCc1ccc2c(c1)CCO2. The zero-order chi connectivity index (χ0) is 29.5. The van der Waals surface area contributed by atoms with Gasteiger partial charge in [-0.2, -0.15) is 0 Å². The van der Waals surface area contributed by atoms with Crippen molar-refractivity contribution in [2.24, 2.45) is 0 Å². The molecule has 0 bridgehead atoms. The minimum atomic E-state index is -0.509. The van der Waals surface area contributed by atoms with Gasteiger partial charge in [0.25, 0.3) is 0 Å². The van der Waals surface area contributed by atoms with E-state index in [1.807, 2.05) is 30.3 Å². The summed E-state index contributed by atoms with van der Waals surface area (Å²) in [6.07, 6.45) is 3.02. The molecule has 2 aliphatic rings. The van der Waals surface area contributed by atoms with Crippen molar-refractivity contribution in [2.75, 3.05) is 20.3 Å². The molecule has 8 nitrogen and oxygen atoms in total. The van der Waals surface area contributed by atoms with Gasteiger partial charge in [0.2, 0.25) is 5.43 Å². The van der Waals surface area contributed by atoms with E-state index in [4.69, 9.17) is 23.4 Å². The highest BCUT2D eigenvalue weighted by Gasteiger charge is 2.34. The van der Waals surface area contributed by atoms with Crippen LogP contribution in [-0.2, 0) is 17.6 Å². The van der Waals surface area contributed by atoms with Gasteiger partial charge < -0.3 is 28.5 Å². The summed E-state index contributed by atoms with van der Waals surface area (Å²) in [7, 11) is 1.58. The summed E-state index contributed by atoms with van der Waals surface area (Å²) in [4.78, 5) is 26.5. The van der Waals surface area contributed by atoms with Crippen LogP contribution >= 0.6 is 0 Å². The number of methoxy groups -OCH3 is 1. The Bertz CT molecular complexity index is 1920. The normalized spacial score (nSPS) is 15.4. The topological polar surface area (TPSA) is 104 Å². The summed E-state index contributed by atoms with van der Waals surface area (Å²) in [6.45, 7) is 1.09. The third-order valence-corrected chi connectivity index (χ3v) is 8.06. The number of phenolic OH excluding ortho intramolecular Hbond substituents is 1. The second-order valence-corrected chi connectivity index (χ2v) is 10.6. The second-order valence-electron chi connectivity index (χ2n) is 10.6. The number of ether oxygens (including phenoxy) is 4. The van der Waals surface area contributed by atoms with Crippen LogP contribution < -0.4 is 24.4 Å². The average Bonchev–Trinajstić information content (AvgIpc) is 3.49. The lowest BCUT2D eigenvalue weighted by Gasteiger charge is -2.27. The molecule has 0 radical (unpaired) electrons. The van der Waals surface area contributed by atoms with E-state index in [0.29, 0.717) is 64.5 Å². The molecule has 1 N–H and O–H groups in total. The number of para-hydroxylation sites is 1. The molecule has 5 aromatic rings. The minimum Gasteiger partial charge on any atom is -0.508 e. The quantitative estimate of drug-likeness (QED) is 0.181. The van der Waals surface area contributed by atoms with Gasteiger partial charge >= 0.3 is 5.97 Å². The van der Waals surface area contributed by atoms with Crippen LogP contribution in [-0.4, -0.2) is 31.4 Å². The van der Waals surface area contributed by atoms with Crippen molar-refractivity contribution < 1.29 is 33.3 Å². The maximum absolute atomic E-state index is 13.6. The van der Waals surface area contributed by atoms with E-state index in [1.54, 1.807) is 31.4 Å². The Morgan fingerprint density at radius 1 is 0.977 bits per heavy atom. The molecular weight excluding hydrogens is 548 g/mol. The first-order valence-corrected chi connectivity index (χ1v) is 14.1. The molecule has 0 fully saturated rings. The van der Waals surface area contributed by atoms with Crippen molar-refractivity contribution in [3.05, 3.63) is 112 Å². The van der Waals surface area contributed by atoms with Gasteiger partial charge in [-0.15, -0.1) is 0 Å². The number of fused-ring (bicyclic) bond motifs is 4. The zero-order valence-electron chi connectivity index (χ0n) is 23.4. The van der Waals surface area contributed by atoms with Gasteiger partial charge in [0.05, 0.1) is 37.7 Å². The molecule has 0 unspecified atom stereocenters. The molecule has 0 aliphatic carbocycles. The molecule has 4 aromatic carbocycles. The summed E-state index contributed by atoms with van der Waals surface area (Å²) in [5.74, 6) is 1.54. The first-order chi connectivity index (χ1) is 21.0. The molecule has 7 rings (SSSR count). The molecular formula is C35H28O8. The Hall–Kier alpha value is -5.24. The van der Waals surface area contributed by atoms with Crippen LogP contribution in [0.1, 0.15) is 34.6 Å². The second kappa shape index (κ2) is 10.9. The number of carbonyl (C=O) groups is 1. The lowest BCUT2D eigenvalue weighted by Crippen LogP contribution is -2.22. The average molecular weight is 577 g/mol. The van der Waals surface area contributed by atoms with Crippen LogP contribution in [0, 0.1) is 0 Å². The Balaban J connectivity index is 1.27. The van der Waals surface area contributed by atoms with E-state index in [1.165, 1.54) is 24.0 Å². The fraction of sp³-hybridized carbons (Fsp3) is 0.200. The van der Waals surface area contributed by atoms with Gasteiger partial charge in [-0.05, 0) is 53.1 Å². The van der Waals surface area contributed by atoms with Gasteiger partial charge in [-0.3, -0.25) is 9.59 Å². The number of aromatic hydroxyl groups is 1. The van der Waals surface area contributed by atoms with Crippen LogP contribution in [0.15, 0.2) is 88.3 Å². The van der Waals surface area contributed by atoms with Crippen LogP contribution in [0.3, 0.4) is 0 Å². The Morgan fingerprint density at radius 3 is 2.65 bits per heavy atom. The molecule has 216 valence electrons. The molecule has 1 aromatic heterocycles. The third kappa shape index (κ3) is 4.84. The van der Waals surface area contributed by atoms with E-state index in [-0.39, 0.29) is 17.6 Å². The number of rotatable bonds is 7. The van der Waals surface area contributed by atoms with Gasteiger partial charge in [0, 0.05) is 29.9 Å². The van der Waals surface area contributed by atoms with Crippen LogP contribution in [0.25, 0.3) is 22.1 Å². The van der Waals surface area contributed by atoms with Crippen molar-refractivity contribution >= 4 is 16.9 Å². The molecule has 43 heavy (non-hydrogen) atoms. The summed E-state index contributed by atoms with van der Waals surface area (Å²) in [5, 5.41) is 10.0. The van der Waals surface area contributed by atoms with Crippen molar-refractivity contribution in [2.45, 2.75) is 25.2 Å². The summed E-state index contributed by atoms with van der Waals surface area (Å²) in [5.41, 5.74) is 4.78. The highest BCUT2D eigenvalue weighted by atomic mass is 16.5. The van der Waals surface area contributed by atoms with Crippen molar-refractivity contribution in [3.63, 3.8) is 0 Å². The number of esters is 1. The van der Waals surface area contributed by atoms with Gasteiger partial charge in [0.1, 0.15) is 29.1 Å². The molecule has 2 aliphatic heterocycles. The fourth-order valence-electron chi connectivity index (χ4n) is 5.95. The highest BCUT2D eigenvalue weighted by Crippen LogP contribution is 2.47. The minimum absolute atomic E-state index is 0.0316. The Kier molecular flexibility index (Phi) is 6.74. The summed E-state index contributed by atoms with van der Waals surface area (Å²) in [6, 6.07) is 21.4. The Labute approximate surface area is 247 Å². The van der Waals surface area contributed by atoms with Crippen LogP contribution in [0.5, 0.6) is 28.7 Å². The lowest BCUT2D eigenvalue weighted by atomic mass is 9.84. The molecule has 0 amide bonds. The fourth-order valence-corrected chi connectivity index (χ4v) is 5.95. The smallest absolute Gasteiger partial charge is 0.312 e. The summed E-state index contributed by atoms with van der Waals surface area (Å²) >= 11 is 0. The molecule has 8 heteroatoms. The number of phenols is 1. The number of carbonyl (C=O) groups excluding carboxylic acids is 1. The zero-order valence-corrected chi connectivity index (χ0v) is 23.4. The first kappa shape index (κ1) is 26.6. The van der Waals surface area contributed by atoms with Gasteiger partial charge in [-0.1, -0.05) is 36.4 Å². The van der Waals surface area contributed by atoms with Crippen molar-refractivity contribution in [1.82, 2.24) is 0 Å². The number of hydrogen-bond acceptors (Lipinski definition) is 8. The summed E-state index contributed by atoms with van der Waals surface area (Å²) < 4.78 is 29.5. The number of hydrogen-bond donors (Lipinski definition) is 1. The Morgan fingerprint density at radius 2 is 1.81 bits per heavy atom. The maximum Gasteiger partial charge on any atom is 0.312 e. The van der Waals surface area contributed by atoms with E-state index < -0.39 is 11.9 Å². The lowest BCUT2D eigenvalue weighted by molar-refractivity contribution is -0.135. The van der Waals surface area contributed by atoms with E-state index in [0.717, 1.165) is 23.3 Å². The molecule has 0 spiro atoms. The predicted molar refractivity (Wildman–Crippen MR) is 160 cm³/mol. The van der Waals surface area contributed by atoms with Gasteiger partial charge in [-0.25, -0.2) is 0 Å². The maximum atomic E-state index is 13.6. The third-order valence-electron chi connectivity index (χ3n) is 8.06. The number of benzene rings is 4. The van der Waals surface area contributed by atoms with Crippen molar-refractivity contribution in [1.29, 1.82) is 0 Å².